The number of aromatic nitrogens is 1. The van der Waals surface area contributed by atoms with E-state index in [1.165, 1.54) is 6.20 Å². The first-order chi connectivity index (χ1) is 12.1. The summed E-state index contributed by atoms with van der Waals surface area (Å²) in [5.41, 5.74) is 4.96. The number of carbonyl (C=O) groups is 2. The molecule has 0 unspecified atom stereocenters. The van der Waals surface area contributed by atoms with Gasteiger partial charge in [-0.2, -0.15) is 0 Å². The number of hydrogen-bond donors (Lipinski definition) is 2. The molecule has 0 aliphatic carbocycles. The fraction of sp³-hybridized carbons (Fsp3) is 0.0556. The zero-order chi connectivity index (χ0) is 17.6. The van der Waals surface area contributed by atoms with Crippen molar-refractivity contribution in [3.05, 3.63) is 71.0 Å². The quantitative estimate of drug-likeness (QED) is 0.661. The Balaban J connectivity index is 1.56. The van der Waals surface area contributed by atoms with Crippen LogP contribution in [0.2, 0.25) is 0 Å². The highest BCUT2D eigenvalue weighted by molar-refractivity contribution is 9.10. The van der Waals surface area contributed by atoms with Crippen molar-refractivity contribution in [2.45, 2.75) is 0 Å². The van der Waals surface area contributed by atoms with Gasteiger partial charge in [-0.15, -0.1) is 0 Å². The monoisotopic (exact) mass is 399 g/mol. The average Bonchev–Trinajstić information content (AvgIpc) is 2.66. The number of hydrogen-bond acceptors (Lipinski definition) is 4. The zero-order valence-electron chi connectivity index (χ0n) is 13.0. The topological polar surface area (TPSA) is 80.3 Å². The van der Waals surface area contributed by atoms with E-state index in [0.29, 0.717) is 11.3 Å². The van der Waals surface area contributed by atoms with Gasteiger partial charge in [-0.05, 0) is 44.9 Å². The molecule has 0 aliphatic rings. The van der Waals surface area contributed by atoms with E-state index < -0.39 is 11.8 Å². The highest BCUT2D eigenvalue weighted by Crippen LogP contribution is 2.32. The largest absolute Gasteiger partial charge is 0.483 e. The van der Waals surface area contributed by atoms with E-state index in [1.807, 2.05) is 30.3 Å². The molecule has 0 saturated carbocycles. The number of rotatable bonds is 4. The minimum Gasteiger partial charge on any atom is -0.483 e. The summed E-state index contributed by atoms with van der Waals surface area (Å²) >= 11 is 3.49. The SMILES string of the molecule is O=C(COc1ccc2ccccc2c1Br)NNC(=O)c1cccnc1. The van der Waals surface area contributed by atoms with E-state index >= 15 is 0 Å². The van der Waals surface area contributed by atoms with Crippen LogP contribution in [0.1, 0.15) is 10.4 Å². The Kier molecular flexibility index (Phi) is 5.25. The van der Waals surface area contributed by atoms with Gasteiger partial charge in [-0.1, -0.05) is 30.3 Å². The smallest absolute Gasteiger partial charge is 0.276 e. The first kappa shape index (κ1) is 16.9. The first-order valence-corrected chi connectivity index (χ1v) is 8.24. The summed E-state index contributed by atoms with van der Waals surface area (Å²) < 4.78 is 6.30. The number of hydrazine groups is 1. The van der Waals surface area contributed by atoms with Crippen molar-refractivity contribution in [3.8, 4) is 5.75 Å². The summed E-state index contributed by atoms with van der Waals surface area (Å²) in [5.74, 6) is -0.377. The van der Waals surface area contributed by atoms with Crippen molar-refractivity contribution in [2.75, 3.05) is 6.61 Å². The number of carbonyl (C=O) groups excluding carboxylic acids is 2. The molecule has 3 rings (SSSR count). The lowest BCUT2D eigenvalue weighted by Crippen LogP contribution is -2.43. The van der Waals surface area contributed by atoms with Crippen LogP contribution < -0.4 is 15.6 Å². The van der Waals surface area contributed by atoms with Crippen LogP contribution in [0.4, 0.5) is 0 Å². The molecule has 0 atom stereocenters. The fourth-order valence-corrected chi connectivity index (χ4v) is 2.81. The molecule has 126 valence electrons. The molecule has 0 aliphatic heterocycles. The van der Waals surface area contributed by atoms with Crippen LogP contribution in [0, 0.1) is 0 Å². The van der Waals surface area contributed by atoms with Gasteiger partial charge in [0.05, 0.1) is 10.0 Å². The van der Waals surface area contributed by atoms with Crippen molar-refractivity contribution in [1.82, 2.24) is 15.8 Å². The number of nitrogens with one attached hydrogen (secondary N) is 2. The molecule has 6 nitrogen and oxygen atoms in total. The van der Waals surface area contributed by atoms with Gasteiger partial charge in [0.1, 0.15) is 5.75 Å². The summed E-state index contributed by atoms with van der Waals surface area (Å²) in [6.07, 6.45) is 2.97. The van der Waals surface area contributed by atoms with Gasteiger partial charge in [-0.25, -0.2) is 0 Å². The maximum Gasteiger partial charge on any atom is 0.276 e. The molecule has 2 N–H and O–H groups in total. The number of pyridine rings is 1. The second-order valence-electron chi connectivity index (χ2n) is 5.13. The van der Waals surface area contributed by atoms with E-state index in [4.69, 9.17) is 4.74 Å². The van der Waals surface area contributed by atoms with Gasteiger partial charge in [0.15, 0.2) is 6.61 Å². The predicted octanol–water partition coefficient (Wildman–Crippen LogP) is 2.84. The van der Waals surface area contributed by atoms with Gasteiger partial charge in [-0.3, -0.25) is 25.4 Å². The van der Waals surface area contributed by atoms with Crippen molar-refractivity contribution in [2.24, 2.45) is 0 Å². The molecule has 0 spiro atoms. The number of nitrogens with zero attached hydrogens (tertiary/aromatic N) is 1. The molecule has 7 heteroatoms. The van der Waals surface area contributed by atoms with Gasteiger partial charge < -0.3 is 4.74 Å². The molecule has 2 aromatic carbocycles. The van der Waals surface area contributed by atoms with Gasteiger partial charge >= 0.3 is 0 Å². The van der Waals surface area contributed by atoms with Crippen molar-refractivity contribution >= 4 is 38.5 Å². The highest BCUT2D eigenvalue weighted by Gasteiger charge is 2.10. The Hall–Kier alpha value is -2.93. The summed E-state index contributed by atoms with van der Waals surface area (Å²) in [4.78, 5) is 27.5. The Morgan fingerprint density at radius 1 is 1.04 bits per heavy atom. The minimum atomic E-state index is -0.475. The summed E-state index contributed by atoms with van der Waals surface area (Å²) in [6.45, 7) is -0.232. The lowest BCUT2D eigenvalue weighted by molar-refractivity contribution is -0.123. The van der Waals surface area contributed by atoms with E-state index in [1.54, 1.807) is 24.4 Å². The second kappa shape index (κ2) is 7.76. The van der Waals surface area contributed by atoms with Gasteiger partial charge in [0.2, 0.25) is 0 Å². The number of ether oxygens (including phenoxy) is 1. The number of halogens is 1. The summed E-state index contributed by atoms with van der Waals surface area (Å²) in [5, 5.41) is 2.06. The van der Waals surface area contributed by atoms with Crippen LogP contribution in [-0.4, -0.2) is 23.4 Å². The molecule has 0 radical (unpaired) electrons. The maximum absolute atomic E-state index is 11.8. The molecule has 2 amide bonds. The molecular formula is C18H14BrN3O3. The van der Waals surface area contributed by atoms with Gasteiger partial charge in [0, 0.05) is 12.4 Å². The summed E-state index contributed by atoms with van der Waals surface area (Å²) in [6, 6.07) is 14.8. The molecule has 1 aromatic heterocycles. The minimum absolute atomic E-state index is 0.232. The normalized spacial score (nSPS) is 10.3. The van der Waals surface area contributed by atoms with Crippen LogP contribution in [-0.2, 0) is 4.79 Å². The van der Waals surface area contributed by atoms with Crippen LogP contribution in [0.25, 0.3) is 10.8 Å². The Labute approximate surface area is 152 Å². The third-order valence-electron chi connectivity index (χ3n) is 3.43. The first-order valence-electron chi connectivity index (χ1n) is 7.44. The molecule has 1 heterocycles. The zero-order valence-corrected chi connectivity index (χ0v) is 14.6. The van der Waals surface area contributed by atoms with Crippen LogP contribution in [0.3, 0.4) is 0 Å². The van der Waals surface area contributed by atoms with Gasteiger partial charge in [0.25, 0.3) is 11.8 Å². The standard InChI is InChI=1S/C18H14BrN3O3/c19-17-14-6-2-1-4-12(14)7-8-15(17)25-11-16(23)21-22-18(24)13-5-3-9-20-10-13/h1-10H,11H2,(H,21,23)(H,22,24). The molecule has 0 saturated heterocycles. The third-order valence-corrected chi connectivity index (χ3v) is 4.24. The van der Waals surface area contributed by atoms with E-state index in [0.717, 1.165) is 15.2 Å². The molecule has 3 aromatic rings. The third kappa shape index (κ3) is 4.13. The highest BCUT2D eigenvalue weighted by atomic mass is 79.9. The van der Waals surface area contributed by atoms with E-state index in [2.05, 4.69) is 31.8 Å². The summed E-state index contributed by atoms with van der Waals surface area (Å²) in [7, 11) is 0. The van der Waals surface area contributed by atoms with Crippen molar-refractivity contribution < 1.29 is 14.3 Å². The Morgan fingerprint density at radius 2 is 1.88 bits per heavy atom. The fourth-order valence-electron chi connectivity index (χ4n) is 2.20. The van der Waals surface area contributed by atoms with Crippen LogP contribution in [0.5, 0.6) is 5.75 Å². The van der Waals surface area contributed by atoms with E-state index in [-0.39, 0.29) is 6.61 Å². The van der Waals surface area contributed by atoms with Crippen LogP contribution >= 0.6 is 15.9 Å². The predicted molar refractivity (Wildman–Crippen MR) is 97.0 cm³/mol. The Bertz CT molecular complexity index is 916. The maximum atomic E-state index is 11.8. The van der Waals surface area contributed by atoms with Crippen molar-refractivity contribution in [1.29, 1.82) is 0 Å². The molecule has 0 fully saturated rings. The number of benzene rings is 2. The lowest BCUT2D eigenvalue weighted by atomic mass is 10.1. The van der Waals surface area contributed by atoms with Crippen molar-refractivity contribution in [3.63, 3.8) is 0 Å². The molecule has 0 bridgehead atoms. The average molecular weight is 400 g/mol. The lowest BCUT2D eigenvalue weighted by Gasteiger charge is -2.11. The molecular weight excluding hydrogens is 386 g/mol. The number of fused-ring (bicyclic) bond motifs is 1. The van der Waals surface area contributed by atoms with Crippen LogP contribution in [0.15, 0.2) is 65.4 Å². The molecule has 25 heavy (non-hydrogen) atoms. The second-order valence-corrected chi connectivity index (χ2v) is 5.92. The Morgan fingerprint density at radius 3 is 2.68 bits per heavy atom. The number of amides is 2. The van der Waals surface area contributed by atoms with E-state index in [9.17, 15) is 9.59 Å².